The molecule has 2 fully saturated rings. The zero-order valence-electron chi connectivity index (χ0n) is 12.0. The number of nitrogens with zero attached hydrogens (tertiary/aromatic N) is 2. The largest absolute Gasteiger partial charge is 0.378 e. The van der Waals surface area contributed by atoms with E-state index in [2.05, 4.69) is 11.9 Å². The minimum Gasteiger partial charge on any atom is -0.378 e. The van der Waals surface area contributed by atoms with Gasteiger partial charge in [-0.05, 0) is 50.2 Å². The molecule has 4 heteroatoms. The summed E-state index contributed by atoms with van der Waals surface area (Å²) in [6.07, 6.45) is 8.41. The van der Waals surface area contributed by atoms with Gasteiger partial charge in [-0.25, -0.2) is 0 Å². The molecule has 4 nitrogen and oxygen atoms in total. The van der Waals surface area contributed by atoms with Gasteiger partial charge in [0.05, 0.1) is 6.10 Å². The number of carbonyl (C=O) groups excluding carboxylic acids is 1. The fraction of sp³-hybridized carbons (Fsp3) is 0.625. The highest BCUT2D eigenvalue weighted by Gasteiger charge is 2.46. The van der Waals surface area contributed by atoms with Crippen LogP contribution in [0.2, 0.25) is 0 Å². The molecule has 108 valence electrons. The van der Waals surface area contributed by atoms with Crippen LogP contribution >= 0.6 is 0 Å². The highest BCUT2D eigenvalue weighted by Crippen LogP contribution is 2.50. The molecule has 1 saturated heterocycles. The molecule has 0 aromatic carbocycles. The quantitative estimate of drug-likeness (QED) is 0.850. The summed E-state index contributed by atoms with van der Waals surface area (Å²) >= 11 is 0. The normalized spacial score (nSPS) is 21.8. The van der Waals surface area contributed by atoms with Crippen molar-refractivity contribution in [2.24, 2.45) is 5.41 Å². The van der Waals surface area contributed by atoms with Crippen LogP contribution in [0.4, 0.5) is 0 Å². The predicted molar refractivity (Wildman–Crippen MR) is 76.5 cm³/mol. The van der Waals surface area contributed by atoms with Gasteiger partial charge in [-0.1, -0.05) is 0 Å². The second kappa shape index (κ2) is 5.52. The van der Waals surface area contributed by atoms with Gasteiger partial charge in [0.25, 0.3) is 5.91 Å². The molecule has 0 N–H and O–H groups in total. The number of aromatic nitrogens is 1. The zero-order valence-corrected chi connectivity index (χ0v) is 12.0. The van der Waals surface area contributed by atoms with E-state index in [-0.39, 0.29) is 5.91 Å². The number of rotatable bonds is 3. The highest BCUT2D eigenvalue weighted by molar-refractivity contribution is 5.94. The van der Waals surface area contributed by atoms with Crippen molar-refractivity contribution in [3.63, 3.8) is 0 Å². The van der Waals surface area contributed by atoms with Gasteiger partial charge in [0, 0.05) is 37.7 Å². The lowest BCUT2D eigenvalue weighted by Crippen LogP contribution is -2.51. The molecule has 1 spiro atoms. The summed E-state index contributed by atoms with van der Waals surface area (Å²) in [7, 11) is 0. The molecule has 1 aliphatic carbocycles. The number of likely N-dealkylation sites (tertiary alicyclic amines) is 1. The summed E-state index contributed by atoms with van der Waals surface area (Å²) in [4.78, 5) is 18.3. The first-order valence-electron chi connectivity index (χ1n) is 7.53. The summed E-state index contributed by atoms with van der Waals surface area (Å²) < 4.78 is 5.66. The molecule has 0 bridgehead atoms. The van der Waals surface area contributed by atoms with Crippen molar-refractivity contribution in [2.45, 2.75) is 38.7 Å². The molecule has 1 aromatic heterocycles. The molecule has 1 aliphatic heterocycles. The van der Waals surface area contributed by atoms with E-state index >= 15 is 0 Å². The van der Waals surface area contributed by atoms with E-state index in [4.69, 9.17) is 4.74 Å². The number of carbonyl (C=O) groups is 1. The molecule has 1 aromatic rings. The molecule has 3 rings (SSSR count). The molecule has 1 amide bonds. The smallest absolute Gasteiger partial charge is 0.253 e. The Morgan fingerprint density at radius 2 is 2.00 bits per heavy atom. The van der Waals surface area contributed by atoms with Crippen LogP contribution in [0.1, 0.15) is 43.0 Å². The first-order chi connectivity index (χ1) is 9.72. The topological polar surface area (TPSA) is 42.4 Å². The number of amides is 1. The Bertz CT molecular complexity index is 459. The molecular weight excluding hydrogens is 252 g/mol. The van der Waals surface area contributed by atoms with Gasteiger partial charge in [0.1, 0.15) is 0 Å². The lowest BCUT2D eigenvalue weighted by molar-refractivity contribution is -0.0980. The number of pyridine rings is 1. The summed E-state index contributed by atoms with van der Waals surface area (Å²) in [5, 5.41) is 0. The van der Waals surface area contributed by atoms with Gasteiger partial charge >= 0.3 is 0 Å². The van der Waals surface area contributed by atoms with Gasteiger partial charge in [-0.2, -0.15) is 0 Å². The van der Waals surface area contributed by atoms with Crippen molar-refractivity contribution >= 4 is 5.91 Å². The lowest BCUT2D eigenvalue weighted by atomic mass is 9.61. The third-order valence-corrected chi connectivity index (χ3v) is 4.76. The Kier molecular flexibility index (Phi) is 3.74. The monoisotopic (exact) mass is 274 g/mol. The second-order valence-electron chi connectivity index (χ2n) is 6.01. The van der Waals surface area contributed by atoms with Crippen LogP contribution in [0.5, 0.6) is 0 Å². The van der Waals surface area contributed by atoms with Crippen molar-refractivity contribution < 1.29 is 9.53 Å². The van der Waals surface area contributed by atoms with Crippen LogP contribution in [-0.4, -0.2) is 41.6 Å². The van der Waals surface area contributed by atoms with Gasteiger partial charge in [0.2, 0.25) is 0 Å². The molecule has 20 heavy (non-hydrogen) atoms. The van der Waals surface area contributed by atoms with E-state index in [9.17, 15) is 4.79 Å². The third kappa shape index (κ3) is 2.57. The molecule has 2 aliphatic rings. The summed E-state index contributed by atoms with van der Waals surface area (Å²) in [6, 6.07) is 3.59. The average Bonchev–Trinajstić information content (AvgIpc) is 2.47. The zero-order chi connectivity index (χ0) is 14.0. The van der Waals surface area contributed by atoms with Crippen molar-refractivity contribution in [2.75, 3.05) is 19.7 Å². The van der Waals surface area contributed by atoms with Crippen molar-refractivity contribution in [3.8, 4) is 0 Å². The third-order valence-electron chi connectivity index (χ3n) is 4.76. The molecule has 1 saturated carbocycles. The lowest BCUT2D eigenvalue weighted by Gasteiger charge is -2.51. The Labute approximate surface area is 120 Å². The van der Waals surface area contributed by atoms with Crippen LogP contribution < -0.4 is 0 Å². The first kappa shape index (κ1) is 13.6. The molecule has 2 heterocycles. The number of ether oxygens (including phenoxy) is 1. The van der Waals surface area contributed by atoms with Gasteiger partial charge in [-0.3, -0.25) is 9.78 Å². The van der Waals surface area contributed by atoms with Crippen LogP contribution in [0.3, 0.4) is 0 Å². The Morgan fingerprint density at radius 1 is 1.35 bits per heavy atom. The molecule has 0 unspecified atom stereocenters. The van der Waals surface area contributed by atoms with Crippen LogP contribution in [0.25, 0.3) is 0 Å². The Morgan fingerprint density at radius 3 is 2.60 bits per heavy atom. The first-order valence-corrected chi connectivity index (χ1v) is 7.53. The van der Waals surface area contributed by atoms with E-state index in [0.29, 0.717) is 11.5 Å². The number of hydrogen-bond donors (Lipinski definition) is 0. The van der Waals surface area contributed by atoms with Crippen LogP contribution in [0.15, 0.2) is 24.5 Å². The maximum Gasteiger partial charge on any atom is 0.253 e. The minimum absolute atomic E-state index is 0.142. The van der Waals surface area contributed by atoms with Crippen LogP contribution in [0, 0.1) is 5.41 Å². The van der Waals surface area contributed by atoms with E-state index < -0.39 is 0 Å². The maximum absolute atomic E-state index is 12.4. The van der Waals surface area contributed by atoms with Crippen LogP contribution in [-0.2, 0) is 4.74 Å². The SMILES string of the molecule is CCOC1CC2(CCN(C(=O)c3ccncc3)CC2)C1. The van der Waals surface area contributed by atoms with E-state index in [1.54, 1.807) is 24.5 Å². The number of hydrogen-bond acceptors (Lipinski definition) is 3. The fourth-order valence-corrected chi connectivity index (χ4v) is 3.53. The summed E-state index contributed by atoms with van der Waals surface area (Å²) in [6.45, 7) is 4.62. The number of piperidine rings is 1. The Hall–Kier alpha value is -1.42. The second-order valence-corrected chi connectivity index (χ2v) is 6.01. The van der Waals surface area contributed by atoms with E-state index in [1.165, 1.54) is 12.8 Å². The summed E-state index contributed by atoms with van der Waals surface area (Å²) in [5.41, 5.74) is 1.20. The van der Waals surface area contributed by atoms with Crippen molar-refractivity contribution in [1.29, 1.82) is 0 Å². The minimum atomic E-state index is 0.142. The maximum atomic E-state index is 12.4. The summed E-state index contributed by atoms with van der Waals surface area (Å²) in [5.74, 6) is 0.142. The predicted octanol–water partition coefficient (Wildman–Crippen LogP) is 2.50. The van der Waals surface area contributed by atoms with Gasteiger partial charge < -0.3 is 9.64 Å². The average molecular weight is 274 g/mol. The van der Waals surface area contributed by atoms with E-state index in [0.717, 1.165) is 38.1 Å². The molecule has 0 atom stereocenters. The van der Waals surface area contributed by atoms with Gasteiger partial charge in [-0.15, -0.1) is 0 Å². The Balaban J connectivity index is 1.53. The van der Waals surface area contributed by atoms with Gasteiger partial charge in [0.15, 0.2) is 0 Å². The fourth-order valence-electron chi connectivity index (χ4n) is 3.53. The standard InChI is InChI=1S/C16H22N2O2/c1-2-20-14-11-16(12-14)5-9-18(10-6-16)15(19)13-3-7-17-8-4-13/h3-4,7-8,14H,2,5-6,9-12H2,1H3. The van der Waals surface area contributed by atoms with Crippen molar-refractivity contribution in [3.05, 3.63) is 30.1 Å². The van der Waals surface area contributed by atoms with E-state index in [1.807, 2.05) is 4.90 Å². The molecule has 0 radical (unpaired) electrons. The molecular formula is C16H22N2O2. The highest BCUT2D eigenvalue weighted by atomic mass is 16.5. The van der Waals surface area contributed by atoms with Crippen molar-refractivity contribution in [1.82, 2.24) is 9.88 Å².